The molecule has 2 aromatic carbocycles. The molecule has 1 aromatic heterocycles. The smallest absolute Gasteiger partial charge is 0.269 e. The minimum atomic E-state index is -0.408. The Morgan fingerprint density at radius 1 is 1.13 bits per heavy atom. The lowest BCUT2D eigenvalue weighted by molar-refractivity contribution is -0.384. The van der Waals surface area contributed by atoms with Crippen LogP contribution in [0.3, 0.4) is 0 Å². The van der Waals surface area contributed by atoms with Gasteiger partial charge in [-0.15, -0.1) is 5.10 Å². The molecule has 0 aliphatic heterocycles. The second-order valence-electron chi connectivity index (χ2n) is 5.66. The highest BCUT2D eigenvalue weighted by molar-refractivity contribution is 5.74. The Morgan fingerprint density at radius 3 is 2.48 bits per heavy atom. The predicted octanol–water partition coefficient (Wildman–Crippen LogP) is 3.61. The third-order valence-corrected chi connectivity index (χ3v) is 3.67. The number of nitro groups is 1. The van der Waals surface area contributed by atoms with Crippen LogP contribution in [0.25, 0.3) is 11.0 Å². The summed E-state index contributed by atoms with van der Waals surface area (Å²) in [7, 11) is 0. The van der Waals surface area contributed by atoms with E-state index in [0.29, 0.717) is 0 Å². The number of fused-ring (bicyclic) bond motifs is 1. The first kappa shape index (κ1) is 15.0. The lowest BCUT2D eigenvalue weighted by atomic mass is 10.1. The largest absolute Gasteiger partial charge is 0.363 e. The summed E-state index contributed by atoms with van der Waals surface area (Å²) in [5.41, 5.74) is 2.65. The van der Waals surface area contributed by atoms with E-state index in [2.05, 4.69) is 29.5 Å². The van der Waals surface area contributed by atoms with Gasteiger partial charge in [-0.25, -0.2) is 4.68 Å². The number of nitro benzene ring substituents is 1. The number of benzene rings is 2. The van der Waals surface area contributed by atoms with Crippen molar-refractivity contribution in [1.29, 1.82) is 0 Å². The van der Waals surface area contributed by atoms with E-state index in [1.165, 1.54) is 12.1 Å². The van der Waals surface area contributed by atoms with Gasteiger partial charge < -0.3 is 5.32 Å². The normalized spacial score (nSPS) is 12.5. The number of hydrogen-bond donors (Lipinski definition) is 1. The minimum absolute atomic E-state index is 0.0721. The van der Waals surface area contributed by atoms with Gasteiger partial charge in [0.05, 0.1) is 10.4 Å². The first-order valence-electron chi connectivity index (χ1n) is 7.37. The maximum Gasteiger partial charge on any atom is 0.269 e. The summed E-state index contributed by atoms with van der Waals surface area (Å²) >= 11 is 0. The molecule has 1 atom stereocenters. The number of para-hydroxylation sites is 1. The molecule has 7 heteroatoms. The summed E-state index contributed by atoms with van der Waals surface area (Å²) in [6, 6.07) is 14.1. The van der Waals surface area contributed by atoms with Crippen LogP contribution in [0.2, 0.25) is 0 Å². The zero-order chi connectivity index (χ0) is 16.4. The van der Waals surface area contributed by atoms with Crippen LogP contribution >= 0.6 is 0 Å². The molecule has 0 spiro atoms. The molecule has 3 rings (SSSR count). The van der Waals surface area contributed by atoms with Crippen molar-refractivity contribution in [2.45, 2.75) is 20.0 Å². The molecule has 7 nitrogen and oxygen atoms in total. The van der Waals surface area contributed by atoms with Crippen molar-refractivity contribution >= 4 is 22.4 Å². The number of anilines is 1. The van der Waals surface area contributed by atoms with Gasteiger partial charge in [0.2, 0.25) is 0 Å². The zero-order valence-corrected chi connectivity index (χ0v) is 12.9. The highest BCUT2D eigenvalue weighted by Gasteiger charge is 2.19. The summed E-state index contributed by atoms with van der Waals surface area (Å²) < 4.78 is 1.85. The average Bonchev–Trinajstić information content (AvgIpc) is 2.96. The van der Waals surface area contributed by atoms with Crippen molar-refractivity contribution in [2.75, 3.05) is 5.32 Å². The Balaban J connectivity index is 1.92. The molecular weight excluding hydrogens is 294 g/mol. The van der Waals surface area contributed by atoms with E-state index in [1.807, 2.05) is 28.9 Å². The SMILES string of the molecule is CC(C)[C@H](Nc1ccc([N+](=O)[O-])cc1)n1nnc2ccccc21. The summed E-state index contributed by atoms with van der Waals surface area (Å²) in [6.45, 7) is 4.17. The van der Waals surface area contributed by atoms with E-state index in [1.54, 1.807) is 12.1 Å². The van der Waals surface area contributed by atoms with Crippen LogP contribution in [0, 0.1) is 16.0 Å². The van der Waals surface area contributed by atoms with E-state index in [-0.39, 0.29) is 17.8 Å². The van der Waals surface area contributed by atoms with Crippen LogP contribution in [0.4, 0.5) is 11.4 Å². The highest BCUT2D eigenvalue weighted by atomic mass is 16.6. The molecule has 0 unspecified atom stereocenters. The molecule has 0 bridgehead atoms. The molecule has 0 saturated carbocycles. The number of hydrogen-bond acceptors (Lipinski definition) is 5. The standard InChI is InChI=1S/C16H17N5O2/c1-11(2)16(17-12-7-9-13(10-8-12)21(22)23)20-15-6-4-3-5-14(15)18-19-20/h3-11,16-17H,1-2H3/t16-/m1/s1. The van der Waals surface area contributed by atoms with Crippen LogP contribution in [0.15, 0.2) is 48.5 Å². The summed E-state index contributed by atoms with van der Waals surface area (Å²) in [5, 5.41) is 22.6. The predicted molar refractivity (Wildman–Crippen MR) is 88.1 cm³/mol. The topological polar surface area (TPSA) is 85.9 Å². The molecule has 3 aromatic rings. The molecule has 0 fully saturated rings. The molecule has 0 aliphatic carbocycles. The quantitative estimate of drug-likeness (QED) is 0.574. The van der Waals surface area contributed by atoms with E-state index in [0.717, 1.165) is 16.7 Å². The second kappa shape index (κ2) is 6.04. The number of rotatable bonds is 5. The molecule has 0 radical (unpaired) electrons. The highest BCUT2D eigenvalue weighted by Crippen LogP contribution is 2.25. The van der Waals surface area contributed by atoms with Crippen LogP contribution in [0.1, 0.15) is 20.0 Å². The van der Waals surface area contributed by atoms with Crippen molar-refractivity contribution in [3.63, 3.8) is 0 Å². The van der Waals surface area contributed by atoms with E-state index in [4.69, 9.17) is 0 Å². The molecule has 0 aliphatic rings. The Hall–Kier alpha value is -2.96. The lowest BCUT2D eigenvalue weighted by Gasteiger charge is -2.24. The summed E-state index contributed by atoms with van der Waals surface area (Å²) in [4.78, 5) is 10.3. The van der Waals surface area contributed by atoms with Gasteiger partial charge in [-0.1, -0.05) is 31.2 Å². The van der Waals surface area contributed by atoms with Gasteiger partial charge in [-0.05, 0) is 30.2 Å². The minimum Gasteiger partial charge on any atom is -0.363 e. The Morgan fingerprint density at radius 2 is 1.83 bits per heavy atom. The Bertz CT molecular complexity index is 826. The van der Waals surface area contributed by atoms with Crippen LogP contribution in [-0.2, 0) is 0 Å². The van der Waals surface area contributed by atoms with Crippen LogP contribution in [-0.4, -0.2) is 19.9 Å². The van der Waals surface area contributed by atoms with Crippen molar-refractivity contribution in [3.05, 3.63) is 58.6 Å². The maximum atomic E-state index is 10.7. The van der Waals surface area contributed by atoms with E-state index in [9.17, 15) is 10.1 Å². The fraction of sp³-hybridized carbons (Fsp3) is 0.250. The number of aromatic nitrogens is 3. The summed E-state index contributed by atoms with van der Waals surface area (Å²) in [6.07, 6.45) is -0.108. The van der Waals surface area contributed by atoms with Gasteiger partial charge in [0.15, 0.2) is 0 Å². The molecule has 1 heterocycles. The first-order valence-corrected chi connectivity index (χ1v) is 7.37. The first-order chi connectivity index (χ1) is 11.1. The van der Waals surface area contributed by atoms with E-state index >= 15 is 0 Å². The van der Waals surface area contributed by atoms with Gasteiger partial charge in [-0.2, -0.15) is 0 Å². The average molecular weight is 311 g/mol. The lowest BCUT2D eigenvalue weighted by Crippen LogP contribution is -2.24. The van der Waals surface area contributed by atoms with E-state index < -0.39 is 4.92 Å². The van der Waals surface area contributed by atoms with Crippen molar-refractivity contribution < 1.29 is 4.92 Å². The summed E-state index contributed by atoms with van der Waals surface area (Å²) in [5.74, 6) is 0.246. The molecule has 0 amide bonds. The fourth-order valence-corrected chi connectivity index (χ4v) is 2.45. The third kappa shape index (κ3) is 2.98. The fourth-order valence-electron chi connectivity index (χ4n) is 2.45. The maximum absolute atomic E-state index is 10.7. The van der Waals surface area contributed by atoms with Gasteiger partial charge in [0.1, 0.15) is 11.7 Å². The van der Waals surface area contributed by atoms with Crippen LogP contribution < -0.4 is 5.32 Å². The zero-order valence-electron chi connectivity index (χ0n) is 12.9. The van der Waals surface area contributed by atoms with Gasteiger partial charge in [0.25, 0.3) is 5.69 Å². The number of nitrogens with one attached hydrogen (secondary N) is 1. The number of non-ortho nitro benzene ring substituents is 1. The molecule has 23 heavy (non-hydrogen) atoms. The van der Waals surface area contributed by atoms with Crippen molar-refractivity contribution in [1.82, 2.24) is 15.0 Å². The van der Waals surface area contributed by atoms with Crippen LogP contribution in [0.5, 0.6) is 0 Å². The molecule has 118 valence electrons. The Kier molecular flexibility index (Phi) is 3.92. The van der Waals surface area contributed by atoms with Gasteiger partial charge in [0, 0.05) is 17.8 Å². The molecule has 1 N–H and O–H groups in total. The second-order valence-corrected chi connectivity index (χ2v) is 5.66. The Labute approximate surface area is 133 Å². The van der Waals surface area contributed by atoms with Gasteiger partial charge in [-0.3, -0.25) is 10.1 Å². The monoisotopic (exact) mass is 311 g/mol. The van der Waals surface area contributed by atoms with Crippen molar-refractivity contribution in [2.24, 2.45) is 5.92 Å². The molecular formula is C16H17N5O2. The molecule has 0 saturated heterocycles. The third-order valence-electron chi connectivity index (χ3n) is 3.67. The van der Waals surface area contributed by atoms with Crippen molar-refractivity contribution in [3.8, 4) is 0 Å². The van der Waals surface area contributed by atoms with Gasteiger partial charge >= 0.3 is 0 Å². The number of nitrogens with zero attached hydrogens (tertiary/aromatic N) is 4.